The Hall–Kier alpha value is -1.06. The van der Waals surface area contributed by atoms with Gasteiger partial charge in [-0.15, -0.1) is 0 Å². The summed E-state index contributed by atoms with van der Waals surface area (Å²) in [4.78, 5) is 23.9. The summed E-state index contributed by atoms with van der Waals surface area (Å²) in [6.07, 6.45) is 3.07. The molecule has 4 nitrogen and oxygen atoms in total. The summed E-state index contributed by atoms with van der Waals surface area (Å²) in [7, 11) is 0. The lowest BCUT2D eigenvalue weighted by molar-refractivity contribution is -0.305. The van der Waals surface area contributed by atoms with E-state index in [-0.39, 0.29) is 30.8 Å². The molecule has 0 bridgehead atoms. The van der Waals surface area contributed by atoms with E-state index in [0.717, 1.165) is 19.3 Å². The quantitative estimate of drug-likeness (QED) is 0.676. The van der Waals surface area contributed by atoms with Crippen molar-refractivity contribution in [3.8, 4) is 0 Å². The zero-order valence-electron chi connectivity index (χ0n) is 9.36. The van der Waals surface area contributed by atoms with E-state index < -0.39 is 5.97 Å². The van der Waals surface area contributed by atoms with Crippen LogP contribution >= 0.6 is 0 Å². The minimum absolute atomic E-state index is 0.0566. The number of carbonyl (C=O) groups is 2. The Balaban J connectivity index is 2.51. The van der Waals surface area contributed by atoms with E-state index in [0.29, 0.717) is 0 Å². The summed E-state index contributed by atoms with van der Waals surface area (Å²) in [5.74, 6) is -1.21. The standard InChI is InChI=1S/C11H19NO3/c1-8-4-3-5-9(2)12(8)10(13)6-7-11(14)15/h8-9H,3-7H2,1-2H3,(H,14,15)/p-1/t8-,9+. The lowest BCUT2D eigenvalue weighted by atomic mass is 9.97. The van der Waals surface area contributed by atoms with Crippen molar-refractivity contribution in [1.29, 1.82) is 0 Å². The fraction of sp³-hybridized carbons (Fsp3) is 0.818. The summed E-state index contributed by atoms with van der Waals surface area (Å²) in [6.45, 7) is 4.04. The number of carboxylic acid groups (broad SMARTS) is 1. The first kappa shape index (κ1) is 12.0. The molecule has 0 spiro atoms. The molecule has 1 heterocycles. The number of carbonyl (C=O) groups excluding carboxylic acids is 2. The third-order valence-electron chi connectivity index (χ3n) is 3.02. The maximum absolute atomic E-state index is 11.8. The largest absolute Gasteiger partial charge is 0.550 e. The Morgan fingerprint density at radius 2 is 1.73 bits per heavy atom. The second-order valence-corrected chi connectivity index (χ2v) is 4.30. The van der Waals surface area contributed by atoms with E-state index >= 15 is 0 Å². The lowest BCUT2D eigenvalue weighted by Crippen LogP contribution is -2.47. The average Bonchev–Trinajstić information content (AvgIpc) is 2.14. The molecular weight excluding hydrogens is 194 g/mol. The van der Waals surface area contributed by atoms with Gasteiger partial charge in [-0.05, 0) is 39.5 Å². The zero-order chi connectivity index (χ0) is 11.4. The summed E-state index contributed by atoms with van der Waals surface area (Å²) in [6, 6.07) is 0.478. The highest BCUT2D eigenvalue weighted by atomic mass is 16.4. The molecule has 1 saturated heterocycles. The summed E-state index contributed by atoms with van der Waals surface area (Å²) >= 11 is 0. The highest BCUT2D eigenvalue weighted by Gasteiger charge is 2.28. The number of rotatable bonds is 3. The van der Waals surface area contributed by atoms with Crippen molar-refractivity contribution in [3.05, 3.63) is 0 Å². The normalized spacial score (nSPS) is 26.4. The number of nitrogens with zero attached hydrogens (tertiary/aromatic N) is 1. The SMILES string of the molecule is C[C@@H]1CCC[C@H](C)N1C(=O)CCC(=O)[O-]. The van der Waals surface area contributed by atoms with Gasteiger partial charge in [0, 0.05) is 24.5 Å². The van der Waals surface area contributed by atoms with Crippen molar-refractivity contribution in [3.63, 3.8) is 0 Å². The molecule has 4 heteroatoms. The number of piperidine rings is 1. The second kappa shape index (κ2) is 5.14. The van der Waals surface area contributed by atoms with E-state index in [4.69, 9.17) is 0 Å². The maximum atomic E-state index is 11.8. The van der Waals surface area contributed by atoms with E-state index in [1.165, 1.54) is 0 Å². The molecule has 0 aromatic heterocycles. The monoisotopic (exact) mass is 212 g/mol. The predicted octanol–water partition coefficient (Wildman–Crippen LogP) is 0.306. The van der Waals surface area contributed by atoms with Gasteiger partial charge in [0.05, 0.1) is 0 Å². The van der Waals surface area contributed by atoms with Crippen molar-refractivity contribution >= 4 is 11.9 Å². The molecule has 0 saturated carbocycles. The maximum Gasteiger partial charge on any atom is 0.223 e. The van der Waals surface area contributed by atoms with Crippen LogP contribution in [-0.4, -0.2) is 28.9 Å². The van der Waals surface area contributed by atoms with Crippen LogP contribution in [0, 0.1) is 0 Å². The fourth-order valence-corrected chi connectivity index (χ4v) is 2.25. The first-order chi connectivity index (χ1) is 7.02. The van der Waals surface area contributed by atoms with E-state index in [1.54, 1.807) is 0 Å². The van der Waals surface area contributed by atoms with Gasteiger partial charge >= 0.3 is 0 Å². The Kier molecular flexibility index (Phi) is 4.12. The summed E-state index contributed by atoms with van der Waals surface area (Å²) in [5.41, 5.74) is 0. The molecule has 1 fully saturated rings. The minimum atomic E-state index is -1.15. The number of likely N-dealkylation sites (tertiary alicyclic amines) is 1. The van der Waals surface area contributed by atoms with E-state index in [9.17, 15) is 14.7 Å². The highest BCUT2D eigenvalue weighted by Crippen LogP contribution is 2.23. The van der Waals surface area contributed by atoms with Crippen LogP contribution in [0.15, 0.2) is 0 Å². The molecule has 1 amide bonds. The van der Waals surface area contributed by atoms with Gasteiger partial charge in [-0.1, -0.05) is 0 Å². The number of amides is 1. The molecule has 1 rings (SSSR count). The molecule has 1 aliphatic rings. The van der Waals surface area contributed by atoms with Crippen molar-refractivity contribution in [2.45, 2.75) is 58.0 Å². The van der Waals surface area contributed by atoms with Crippen LogP contribution in [0.1, 0.15) is 46.0 Å². The fourth-order valence-electron chi connectivity index (χ4n) is 2.25. The smallest absolute Gasteiger partial charge is 0.223 e. The van der Waals surface area contributed by atoms with Crippen LogP contribution in [0.2, 0.25) is 0 Å². The predicted molar refractivity (Wildman–Crippen MR) is 53.9 cm³/mol. The number of hydrogen-bond donors (Lipinski definition) is 0. The van der Waals surface area contributed by atoms with E-state index in [2.05, 4.69) is 0 Å². The summed E-state index contributed by atoms with van der Waals surface area (Å²) in [5, 5.41) is 10.3. The van der Waals surface area contributed by atoms with Crippen LogP contribution in [-0.2, 0) is 9.59 Å². The molecule has 1 aliphatic heterocycles. The third kappa shape index (κ3) is 3.22. The van der Waals surface area contributed by atoms with Crippen LogP contribution in [0.5, 0.6) is 0 Å². The molecule has 86 valence electrons. The Morgan fingerprint density at radius 3 is 2.20 bits per heavy atom. The Bertz CT molecular complexity index is 242. The lowest BCUT2D eigenvalue weighted by Gasteiger charge is -2.39. The first-order valence-corrected chi connectivity index (χ1v) is 5.53. The van der Waals surface area contributed by atoms with Gasteiger partial charge in [0.1, 0.15) is 0 Å². The van der Waals surface area contributed by atoms with Crippen LogP contribution in [0.3, 0.4) is 0 Å². The molecule has 0 aromatic rings. The van der Waals surface area contributed by atoms with Crippen LogP contribution in [0.25, 0.3) is 0 Å². The van der Waals surface area contributed by atoms with Crippen molar-refractivity contribution < 1.29 is 14.7 Å². The van der Waals surface area contributed by atoms with Gasteiger partial charge < -0.3 is 14.8 Å². The van der Waals surface area contributed by atoms with Gasteiger partial charge in [-0.25, -0.2) is 0 Å². The molecule has 0 unspecified atom stereocenters. The Labute approximate surface area is 90.3 Å². The third-order valence-corrected chi connectivity index (χ3v) is 3.02. The van der Waals surface area contributed by atoms with Gasteiger partial charge in [0.15, 0.2) is 0 Å². The van der Waals surface area contributed by atoms with Gasteiger partial charge in [-0.2, -0.15) is 0 Å². The average molecular weight is 212 g/mol. The molecule has 2 atom stereocenters. The molecule has 0 N–H and O–H groups in total. The topological polar surface area (TPSA) is 60.4 Å². The molecule has 15 heavy (non-hydrogen) atoms. The van der Waals surface area contributed by atoms with Gasteiger partial charge in [0.2, 0.25) is 5.91 Å². The number of carboxylic acids is 1. The zero-order valence-corrected chi connectivity index (χ0v) is 9.36. The minimum Gasteiger partial charge on any atom is -0.550 e. The molecule has 0 aromatic carbocycles. The number of aliphatic carboxylic acids is 1. The Morgan fingerprint density at radius 1 is 1.20 bits per heavy atom. The van der Waals surface area contributed by atoms with Gasteiger partial charge in [0.25, 0.3) is 0 Å². The molecular formula is C11H18NO3-. The molecule has 0 radical (unpaired) electrons. The summed E-state index contributed by atoms with van der Waals surface area (Å²) < 4.78 is 0. The van der Waals surface area contributed by atoms with Crippen molar-refractivity contribution in [2.75, 3.05) is 0 Å². The van der Waals surface area contributed by atoms with Crippen LogP contribution < -0.4 is 5.11 Å². The number of hydrogen-bond acceptors (Lipinski definition) is 3. The van der Waals surface area contributed by atoms with E-state index in [1.807, 2.05) is 18.7 Å². The molecule has 0 aliphatic carbocycles. The van der Waals surface area contributed by atoms with Gasteiger partial charge in [-0.3, -0.25) is 4.79 Å². The highest BCUT2D eigenvalue weighted by molar-refractivity contribution is 5.80. The van der Waals surface area contributed by atoms with Crippen LogP contribution in [0.4, 0.5) is 0 Å². The first-order valence-electron chi connectivity index (χ1n) is 5.53. The second-order valence-electron chi connectivity index (χ2n) is 4.30. The van der Waals surface area contributed by atoms with Crippen molar-refractivity contribution in [2.24, 2.45) is 0 Å². The van der Waals surface area contributed by atoms with Crippen molar-refractivity contribution in [1.82, 2.24) is 4.90 Å².